The van der Waals surface area contributed by atoms with E-state index in [0.717, 1.165) is 38.5 Å². The third-order valence-electron chi connectivity index (χ3n) is 5.29. The van der Waals surface area contributed by atoms with Crippen molar-refractivity contribution in [1.29, 1.82) is 0 Å². The second-order valence-electron chi connectivity index (χ2n) is 6.96. The van der Waals surface area contributed by atoms with Crippen molar-refractivity contribution in [2.45, 2.75) is 39.0 Å². The Balaban J connectivity index is 1.65. The van der Waals surface area contributed by atoms with Crippen molar-refractivity contribution >= 4 is 0 Å². The van der Waals surface area contributed by atoms with Gasteiger partial charge in [0.05, 0.1) is 13.7 Å². The molecule has 0 amide bonds. The number of benzene rings is 1. The predicted octanol–water partition coefficient (Wildman–Crippen LogP) is 2.12. The molecule has 1 aliphatic rings. The summed E-state index contributed by atoms with van der Waals surface area (Å²) in [5.41, 5.74) is 0.661. The van der Waals surface area contributed by atoms with Gasteiger partial charge in [-0.25, -0.2) is 9.37 Å². The number of nitrogens with zero attached hydrogens (tertiary/aromatic N) is 4. The molecule has 0 spiro atoms. The molecule has 6 nitrogen and oxygen atoms in total. The van der Waals surface area contributed by atoms with Gasteiger partial charge in [0.15, 0.2) is 0 Å². The van der Waals surface area contributed by atoms with Gasteiger partial charge in [0.2, 0.25) is 0 Å². The zero-order chi connectivity index (χ0) is 19.2. The number of hydrogen-bond donors (Lipinski definition) is 1. The first-order valence-electron chi connectivity index (χ1n) is 9.54. The minimum atomic E-state index is -0.246. The Morgan fingerprint density at radius 2 is 2.15 bits per heavy atom. The van der Waals surface area contributed by atoms with Gasteiger partial charge >= 0.3 is 0 Å². The molecule has 0 saturated carbocycles. The molecule has 1 aliphatic heterocycles. The number of aliphatic hydroxyl groups is 1. The molecular weight excluding hydrogens is 347 g/mol. The van der Waals surface area contributed by atoms with Crippen LogP contribution >= 0.6 is 0 Å². The number of hydrogen-bond acceptors (Lipinski definition) is 5. The van der Waals surface area contributed by atoms with E-state index in [4.69, 9.17) is 4.74 Å². The molecule has 0 radical (unpaired) electrons. The van der Waals surface area contributed by atoms with E-state index in [0.29, 0.717) is 24.3 Å². The van der Waals surface area contributed by atoms with E-state index >= 15 is 0 Å². The fourth-order valence-corrected chi connectivity index (χ4v) is 3.71. The van der Waals surface area contributed by atoms with Crippen molar-refractivity contribution in [3.63, 3.8) is 0 Å². The molecule has 3 rings (SSSR count). The van der Waals surface area contributed by atoms with Crippen LogP contribution in [0.5, 0.6) is 5.75 Å². The smallest absolute Gasteiger partial charge is 0.131 e. The lowest BCUT2D eigenvalue weighted by Crippen LogP contribution is -2.52. The molecule has 1 atom stereocenters. The first-order chi connectivity index (χ1) is 13.1. The summed E-state index contributed by atoms with van der Waals surface area (Å²) in [5, 5.41) is 9.50. The summed E-state index contributed by atoms with van der Waals surface area (Å²) in [6.07, 6.45) is 4.52. The third-order valence-corrected chi connectivity index (χ3v) is 5.29. The van der Waals surface area contributed by atoms with Crippen molar-refractivity contribution in [3.05, 3.63) is 47.8 Å². The maximum absolute atomic E-state index is 14.3. The van der Waals surface area contributed by atoms with Gasteiger partial charge in [0.25, 0.3) is 0 Å². The monoisotopic (exact) mass is 376 g/mol. The number of aryl methyl sites for hydroxylation is 1. The zero-order valence-electron chi connectivity index (χ0n) is 16.1. The van der Waals surface area contributed by atoms with Crippen LogP contribution in [0, 0.1) is 5.82 Å². The van der Waals surface area contributed by atoms with Gasteiger partial charge in [-0.3, -0.25) is 9.80 Å². The van der Waals surface area contributed by atoms with Gasteiger partial charge in [-0.2, -0.15) is 0 Å². The number of imidazole rings is 1. The van der Waals surface area contributed by atoms with Gasteiger partial charge in [-0.15, -0.1) is 0 Å². The second-order valence-corrected chi connectivity index (χ2v) is 6.96. The van der Waals surface area contributed by atoms with E-state index in [1.54, 1.807) is 12.1 Å². The van der Waals surface area contributed by atoms with Crippen LogP contribution in [0.3, 0.4) is 0 Å². The summed E-state index contributed by atoms with van der Waals surface area (Å²) in [6, 6.07) is 5.20. The fourth-order valence-electron chi connectivity index (χ4n) is 3.71. The van der Waals surface area contributed by atoms with Crippen LogP contribution < -0.4 is 4.74 Å². The topological polar surface area (TPSA) is 53.8 Å². The minimum absolute atomic E-state index is 0.129. The van der Waals surface area contributed by atoms with Crippen molar-refractivity contribution in [3.8, 4) is 5.75 Å². The van der Waals surface area contributed by atoms with E-state index in [2.05, 4.69) is 26.3 Å². The molecule has 0 bridgehead atoms. The SMILES string of the molecule is CCn1ccnc1CN1CCN(Cc2ccc(OC)cc2F)[C@@H](CCO)C1. The molecule has 1 saturated heterocycles. The molecule has 1 fully saturated rings. The maximum atomic E-state index is 14.3. The summed E-state index contributed by atoms with van der Waals surface area (Å²) < 4.78 is 21.6. The lowest BCUT2D eigenvalue weighted by Gasteiger charge is -2.41. The molecule has 1 N–H and O–H groups in total. The average Bonchev–Trinajstić information content (AvgIpc) is 3.12. The van der Waals surface area contributed by atoms with Crippen molar-refractivity contribution in [2.75, 3.05) is 33.4 Å². The van der Waals surface area contributed by atoms with Gasteiger partial charge in [0.1, 0.15) is 17.4 Å². The predicted molar refractivity (Wildman–Crippen MR) is 102 cm³/mol. The van der Waals surface area contributed by atoms with E-state index < -0.39 is 0 Å². The third kappa shape index (κ3) is 4.86. The largest absolute Gasteiger partial charge is 0.497 e. The number of aliphatic hydroxyl groups excluding tert-OH is 1. The highest BCUT2D eigenvalue weighted by Gasteiger charge is 2.28. The highest BCUT2D eigenvalue weighted by atomic mass is 19.1. The highest BCUT2D eigenvalue weighted by molar-refractivity contribution is 5.29. The normalized spacial score (nSPS) is 18.7. The van der Waals surface area contributed by atoms with Crippen LogP contribution in [0.4, 0.5) is 4.39 Å². The van der Waals surface area contributed by atoms with E-state index in [-0.39, 0.29) is 18.5 Å². The zero-order valence-corrected chi connectivity index (χ0v) is 16.1. The van der Waals surface area contributed by atoms with Gasteiger partial charge in [-0.1, -0.05) is 6.07 Å². The van der Waals surface area contributed by atoms with Crippen molar-refractivity contribution in [1.82, 2.24) is 19.4 Å². The Labute approximate surface area is 160 Å². The second kappa shape index (κ2) is 9.30. The van der Waals surface area contributed by atoms with E-state index in [1.165, 1.54) is 13.2 Å². The highest BCUT2D eigenvalue weighted by Crippen LogP contribution is 2.22. The standard InChI is InChI=1S/C20H29FN4O2/c1-3-24-8-7-22-20(24)15-23-9-10-25(17(14-23)6-11-26)13-16-4-5-18(27-2)12-19(16)21/h4-5,7-8,12,17,26H,3,6,9-11,13-15H2,1-2H3/t17-/m0/s1. The van der Waals surface area contributed by atoms with Gasteiger partial charge in [-0.05, 0) is 19.4 Å². The number of halogens is 1. The molecule has 0 aliphatic carbocycles. The van der Waals surface area contributed by atoms with Crippen molar-refractivity contribution < 1.29 is 14.2 Å². The van der Waals surface area contributed by atoms with E-state index in [1.807, 2.05) is 12.4 Å². The molecule has 0 unspecified atom stereocenters. The quantitative estimate of drug-likeness (QED) is 0.765. The molecule has 7 heteroatoms. The van der Waals surface area contributed by atoms with Crippen LogP contribution in [0.15, 0.2) is 30.6 Å². The Hall–Kier alpha value is -1.96. The van der Waals surface area contributed by atoms with Gasteiger partial charge in [0, 0.05) is 69.4 Å². The average molecular weight is 376 g/mol. The molecule has 148 valence electrons. The molecule has 27 heavy (non-hydrogen) atoms. The summed E-state index contributed by atoms with van der Waals surface area (Å²) in [6.45, 7) is 7.07. The number of rotatable bonds is 8. The summed E-state index contributed by atoms with van der Waals surface area (Å²) >= 11 is 0. The van der Waals surface area contributed by atoms with Crippen molar-refractivity contribution in [2.24, 2.45) is 0 Å². The maximum Gasteiger partial charge on any atom is 0.131 e. The number of ether oxygens (including phenoxy) is 1. The van der Waals surface area contributed by atoms with E-state index in [9.17, 15) is 9.50 Å². The molecule has 1 aromatic carbocycles. The minimum Gasteiger partial charge on any atom is -0.497 e. The number of aromatic nitrogens is 2. The summed E-state index contributed by atoms with van der Waals surface area (Å²) in [5.74, 6) is 1.35. The van der Waals surface area contributed by atoms with Crippen LogP contribution in [0.25, 0.3) is 0 Å². The lowest BCUT2D eigenvalue weighted by molar-refractivity contribution is 0.0476. The van der Waals surface area contributed by atoms with Crippen LogP contribution in [-0.2, 0) is 19.6 Å². The summed E-state index contributed by atoms with van der Waals surface area (Å²) in [4.78, 5) is 9.10. The van der Waals surface area contributed by atoms with Crippen LogP contribution in [0.1, 0.15) is 24.7 Å². The molecular formula is C20H29FN4O2. The Kier molecular flexibility index (Phi) is 6.82. The Morgan fingerprint density at radius 1 is 1.30 bits per heavy atom. The number of methoxy groups -OCH3 is 1. The lowest BCUT2D eigenvalue weighted by atomic mass is 10.1. The first-order valence-corrected chi connectivity index (χ1v) is 9.54. The Bertz CT molecular complexity index is 737. The first kappa shape index (κ1) is 19.8. The molecule has 2 heterocycles. The molecule has 2 aromatic rings. The molecule has 1 aromatic heterocycles. The summed E-state index contributed by atoms with van der Waals surface area (Å²) in [7, 11) is 1.54. The van der Waals surface area contributed by atoms with Gasteiger partial charge < -0.3 is 14.4 Å². The van der Waals surface area contributed by atoms with Crippen LogP contribution in [-0.4, -0.2) is 63.9 Å². The fraction of sp³-hybridized carbons (Fsp3) is 0.550. The van der Waals surface area contributed by atoms with Crippen LogP contribution in [0.2, 0.25) is 0 Å². The number of piperazine rings is 1. The Morgan fingerprint density at radius 3 is 2.85 bits per heavy atom.